The lowest BCUT2D eigenvalue weighted by Gasteiger charge is -2.18. The van der Waals surface area contributed by atoms with E-state index in [2.05, 4.69) is 15.9 Å². The van der Waals surface area contributed by atoms with Gasteiger partial charge in [0.05, 0.1) is 11.3 Å². The highest BCUT2D eigenvalue weighted by molar-refractivity contribution is 9.10. The summed E-state index contributed by atoms with van der Waals surface area (Å²) < 4.78 is 0.611. The predicted octanol–water partition coefficient (Wildman–Crippen LogP) is 2.27. The second-order valence-electron chi connectivity index (χ2n) is 3.46. The zero-order chi connectivity index (χ0) is 13.0. The summed E-state index contributed by atoms with van der Waals surface area (Å²) in [5.74, 6) is -0.934. The largest absolute Gasteiger partial charge is 0.481 e. The number of carbonyl (C=O) groups is 1. The summed E-state index contributed by atoms with van der Waals surface area (Å²) in [4.78, 5) is 22.4. The van der Waals surface area contributed by atoms with Crippen LogP contribution in [0.2, 0.25) is 0 Å². The Hall–Kier alpha value is -1.63. The van der Waals surface area contributed by atoms with E-state index in [0.29, 0.717) is 10.2 Å². The third-order valence-electron chi connectivity index (χ3n) is 2.21. The summed E-state index contributed by atoms with van der Waals surface area (Å²) in [5.41, 5.74) is 0.353. The topological polar surface area (TPSA) is 83.7 Å². The molecule has 7 heteroatoms. The van der Waals surface area contributed by atoms with Gasteiger partial charge in [-0.1, -0.05) is 15.9 Å². The molecule has 0 aliphatic rings. The van der Waals surface area contributed by atoms with Crippen molar-refractivity contribution in [1.82, 2.24) is 0 Å². The maximum atomic E-state index is 10.9. The smallest absolute Gasteiger partial charge is 0.305 e. The van der Waals surface area contributed by atoms with E-state index in [0.717, 1.165) is 0 Å². The lowest BCUT2D eigenvalue weighted by atomic mass is 10.2. The molecule has 0 heterocycles. The van der Waals surface area contributed by atoms with Crippen LogP contribution < -0.4 is 4.90 Å². The molecule has 0 amide bonds. The molecule has 0 fully saturated rings. The van der Waals surface area contributed by atoms with Crippen LogP contribution in [0, 0.1) is 10.1 Å². The zero-order valence-electron chi connectivity index (χ0n) is 9.09. The first-order chi connectivity index (χ1) is 7.91. The third-order valence-corrected chi connectivity index (χ3v) is 2.70. The highest BCUT2D eigenvalue weighted by Crippen LogP contribution is 2.30. The maximum absolute atomic E-state index is 10.9. The fourth-order valence-corrected chi connectivity index (χ4v) is 1.70. The summed E-state index contributed by atoms with van der Waals surface area (Å²) in [6.07, 6.45) is -0.0658. The van der Waals surface area contributed by atoms with Crippen molar-refractivity contribution in [2.45, 2.75) is 6.42 Å². The van der Waals surface area contributed by atoms with Gasteiger partial charge < -0.3 is 10.0 Å². The number of hydrogen-bond acceptors (Lipinski definition) is 4. The Labute approximate surface area is 106 Å². The standard InChI is InChI=1S/C10H11BrN2O4/c1-12(5-4-10(14)15)8-3-2-7(11)6-9(8)13(16)17/h2-3,6H,4-5H2,1H3,(H,14,15). The molecule has 0 spiro atoms. The number of halogens is 1. The molecule has 6 nitrogen and oxygen atoms in total. The van der Waals surface area contributed by atoms with Gasteiger partial charge >= 0.3 is 5.97 Å². The number of anilines is 1. The van der Waals surface area contributed by atoms with Crippen molar-refractivity contribution >= 4 is 33.3 Å². The average Bonchev–Trinajstić information content (AvgIpc) is 2.25. The van der Waals surface area contributed by atoms with Crippen LogP contribution in [0.3, 0.4) is 0 Å². The number of aliphatic carboxylic acids is 1. The molecule has 0 unspecified atom stereocenters. The number of nitro benzene ring substituents is 1. The van der Waals surface area contributed by atoms with Gasteiger partial charge in [-0.05, 0) is 12.1 Å². The first kappa shape index (κ1) is 13.4. The van der Waals surface area contributed by atoms with E-state index in [1.54, 1.807) is 24.1 Å². The van der Waals surface area contributed by atoms with Crippen molar-refractivity contribution < 1.29 is 14.8 Å². The summed E-state index contributed by atoms with van der Waals surface area (Å²) in [5, 5.41) is 19.4. The Kier molecular flexibility index (Phi) is 4.45. The summed E-state index contributed by atoms with van der Waals surface area (Å²) in [6.45, 7) is 0.220. The number of hydrogen-bond donors (Lipinski definition) is 1. The van der Waals surface area contributed by atoms with E-state index in [1.807, 2.05) is 0 Å². The second-order valence-corrected chi connectivity index (χ2v) is 4.37. The number of benzene rings is 1. The highest BCUT2D eigenvalue weighted by Gasteiger charge is 2.17. The van der Waals surface area contributed by atoms with Crippen molar-refractivity contribution in [3.05, 3.63) is 32.8 Å². The molecule has 0 aromatic heterocycles. The van der Waals surface area contributed by atoms with E-state index < -0.39 is 10.9 Å². The average molecular weight is 303 g/mol. The molecule has 1 aromatic carbocycles. The van der Waals surface area contributed by atoms with Gasteiger partial charge in [-0.2, -0.15) is 0 Å². The molecule has 0 saturated heterocycles. The van der Waals surface area contributed by atoms with Gasteiger partial charge in [0.25, 0.3) is 5.69 Å². The normalized spacial score (nSPS) is 10.0. The van der Waals surface area contributed by atoms with Crippen LogP contribution in [0.5, 0.6) is 0 Å². The minimum absolute atomic E-state index is 0.0488. The quantitative estimate of drug-likeness (QED) is 0.666. The fourth-order valence-electron chi connectivity index (χ4n) is 1.35. The van der Waals surface area contributed by atoms with Crippen LogP contribution in [0.1, 0.15) is 6.42 Å². The van der Waals surface area contributed by atoms with Crippen LogP contribution in [-0.2, 0) is 4.79 Å². The third kappa shape index (κ3) is 3.70. The van der Waals surface area contributed by atoms with E-state index in [-0.39, 0.29) is 18.7 Å². The molecule has 0 saturated carbocycles. The molecule has 17 heavy (non-hydrogen) atoms. The molecule has 0 bridgehead atoms. The van der Waals surface area contributed by atoms with Crippen LogP contribution >= 0.6 is 15.9 Å². The van der Waals surface area contributed by atoms with Crippen LogP contribution in [0.4, 0.5) is 11.4 Å². The van der Waals surface area contributed by atoms with E-state index in [9.17, 15) is 14.9 Å². The van der Waals surface area contributed by atoms with E-state index >= 15 is 0 Å². The fraction of sp³-hybridized carbons (Fsp3) is 0.300. The van der Waals surface area contributed by atoms with Gasteiger partial charge in [0.2, 0.25) is 0 Å². The number of rotatable bonds is 5. The van der Waals surface area contributed by atoms with Gasteiger partial charge in [0, 0.05) is 24.1 Å². The molecule has 92 valence electrons. The molecule has 1 aromatic rings. The molecule has 0 aliphatic heterocycles. The highest BCUT2D eigenvalue weighted by atomic mass is 79.9. The maximum Gasteiger partial charge on any atom is 0.305 e. The summed E-state index contributed by atoms with van der Waals surface area (Å²) in [7, 11) is 1.62. The van der Waals surface area contributed by atoms with Crippen molar-refractivity contribution in [3.8, 4) is 0 Å². The minimum atomic E-state index is -0.934. The molecule has 0 radical (unpaired) electrons. The summed E-state index contributed by atoms with van der Waals surface area (Å²) in [6, 6.07) is 4.66. The molecule has 0 aliphatic carbocycles. The lowest BCUT2D eigenvalue weighted by Crippen LogP contribution is -2.21. The number of nitro groups is 1. The van der Waals surface area contributed by atoms with Gasteiger partial charge in [0.15, 0.2) is 0 Å². The van der Waals surface area contributed by atoms with Gasteiger partial charge in [-0.15, -0.1) is 0 Å². The van der Waals surface area contributed by atoms with E-state index in [4.69, 9.17) is 5.11 Å². The van der Waals surface area contributed by atoms with Crippen LogP contribution in [0.25, 0.3) is 0 Å². The Balaban J connectivity index is 2.96. The Morgan fingerprint density at radius 1 is 1.59 bits per heavy atom. The molecular weight excluding hydrogens is 292 g/mol. The van der Waals surface area contributed by atoms with Crippen molar-refractivity contribution in [1.29, 1.82) is 0 Å². The van der Waals surface area contributed by atoms with E-state index in [1.165, 1.54) is 6.07 Å². The van der Waals surface area contributed by atoms with Gasteiger partial charge in [0.1, 0.15) is 5.69 Å². The van der Waals surface area contributed by atoms with Crippen LogP contribution in [0.15, 0.2) is 22.7 Å². The minimum Gasteiger partial charge on any atom is -0.481 e. The van der Waals surface area contributed by atoms with Gasteiger partial charge in [-0.3, -0.25) is 14.9 Å². The van der Waals surface area contributed by atoms with Crippen molar-refractivity contribution in [3.63, 3.8) is 0 Å². The SMILES string of the molecule is CN(CCC(=O)O)c1ccc(Br)cc1[N+](=O)[O-]. The molecule has 0 atom stereocenters. The predicted molar refractivity (Wildman–Crippen MR) is 66.3 cm³/mol. The van der Waals surface area contributed by atoms with Crippen LogP contribution in [-0.4, -0.2) is 29.6 Å². The Morgan fingerprint density at radius 3 is 2.76 bits per heavy atom. The molecule has 1 N–H and O–H groups in total. The van der Waals surface area contributed by atoms with Gasteiger partial charge in [-0.25, -0.2) is 0 Å². The first-order valence-corrected chi connectivity index (χ1v) is 5.58. The number of carboxylic acid groups (broad SMARTS) is 1. The number of nitrogens with zero attached hydrogens (tertiary/aromatic N) is 2. The zero-order valence-corrected chi connectivity index (χ0v) is 10.7. The van der Waals surface area contributed by atoms with Crippen molar-refractivity contribution in [2.24, 2.45) is 0 Å². The van der Waals surface area contributed by atoms with Crippen molar-refractivity contribution in [2.75, 3.05) is 18.5 Å². The molecular formula is C10H11BrN2O4. The lowest BCUT2D eigenvalue weighted by molar-refractivity contribution is -0.384. The number of carboxylic acids is 1. The molecule has 1 rings (SSSR count). The Morgan fingerprint density at radius 2 is 2.24 bits per heavy atom. The summed E-state index contributed by atoms with van der Waals surface area (Å²) >= 11 is 3.16. The Bertz CT molecular complexity index is 450. The monoisotopic (exact) mass is 302 g/mol. The first-order valence-electron chi connectivity index (χ1n) is 4.78. The second kappa shape index (κ2) is 5.62.